The van der Waals surface area contributed by atoms with Crippen LogP contribution in [-0.4, -0.2) is 22.8 Å². The van der Waals surface area contributed by atoms with E-state index in [-0.39, 0.29) is 6.04 Å². The van der Waals surface area contributed by atoms with Gasteiger partial charge in [-0.1, -0.05) is 26.0 Å². The molecule has 0 aliphatic heterocycles. The summed E-state index contributed by atoms with van der Waals surface area (Å²) < 4.78 is 7.93. The minimum atomic E-state index is 0.260. The monoisotopic (exact) mass is 294 g/mol. The van der Waals surface area contributed by atoms with Crippen LogP contribution < -0.4 is 0 Å². The third-order valence-corrected chi connectivity index (χ3v) is 3.95. The predicted molar refractivity (Wildman–Crippen MR) is 84.4 cm³/mol. The van der Waals surface area contributed by atoms with Crippen LogP contribution in [-0.2, 0) is 10.6 Å². The van der Waals surface area contributed by atoms with Gasteiger partial charge in [-0.05, 0) is 31.4 Å². The molecule has 0 aliphatic rings. The maximum atomic E-state index is 6.11. The third kappa shape index (κ3) is 2.84. The van der Waals surface area contributed by atoms with Gasteiger partial charge in [0.05, 0.1) is 29.6 Å². The van der Waals surface area contributed by atoms with Gasteiger partial charge in [-0.15, -0.1) is 11.6 Å². The van der Waals surface area contributed by atoms with E-state index < -0.39 is 0 Å². The first-order chi connectivity index (χ1) is 9.60. The van der Waals surface area contributed by atoms with Crippen molar-refractivity contribution in [1.82, 2.24) is 9.55 Å². The first kappa shape index (κ1) is 15.3. The number of para-hydroxylation sites is 1. The molecule has 0 spiro atoms. The van der Waals surface area contributed by atoms with Crippen molar-refractivity contribution < 1.29 is 4.74 Å². The number of halogens is 1. The molecule has 0 N–H and O–H groups in total. The van der Waals surface area contributed by atoms with Gasteiger partial charge in [-0.25, -0.2) is 4.98 Å². The van der Waals surface area contributed by atoms with Crippen molar-refractivity contribution in [3.8, 4) is 0 Å². The van der Waals surface area contributed by atoms with Gasteiger partial charge in [-0.2, -0.15) is 0 Å². The smallest absolute Gasteiger partial charge is 0.125 e. The average Bonchev–Trinajstić information content (AvgIpc) is 2.79. The Bertz CT molecular complexity index is 577. The zero-order chi connectivity index (χ0) is 14.7. The van der Waals surface area contributed by atoms with E-state index in [2.05, 4.69) is 43.5 Å². The molecule has 1 aromatic carbocycles. The Morgan fingerprint density at radius 2 is 2.10 bits per heavy atom. The molecule has 0 fully saturated rings. The van der Waals surface area contributed by atoms with Crippen molar-refractivity contribution in [2.75, 3.05) is 13.2 Å². The topological polar surface area (TPSA) is 27.1 Å². The molecule has 1 heterocycles. The maximum absolute atomic E-state index is 6.11. The number of fused-ring (bicyclic) bond motifs is 1. The highest BCUT2D eigenvalue weighted by Gasteiger charge is 2.22. The van der Waals surface area contributed by atoms with Crippen LogP contribution in [0.2, 0.25) is 0 Å². The van der Waals surface area contributed by atoms with E-state index in [0.717, 1.165) is 23.5 Å². The summed E-state index contributed by atoms with van der Waals surface area (Å²) in [5.74, 6) is 1.81. The van der Waals surface area contributed by atoms with E-state index in [1.165, 1.54) is 5.56 Å². The lowest BCUT2D eigenvalue weighted by molar-refractivity contribution is 0.0971. The Morgan fingerprint density at radius 1 is 1.35 bits per heavy atom. The van der Waals surface area contributed by atoms with Crippen molar-refractivity contribution in [3.63, 3.8) is 0 Å². The van der Waals surface area contributed by atoms with Gasteiger partial charge < -0.3 is 9.30 Å². The number of alkyl halides is 1. The highest BCUT2D eigenvalue weighted by atomic mass is 35.5. The molecule has 0 aliphatic carbocycles. The number of ether oxygens (including phenoxy) is 1. The number of imidazole rings is 1. The maximum Gasteiger partial charge on any atom is 0.125 e. The zero-order valence-corrected chi connectivity index (χ0v) is 13.4. The first-order valence-corrected chi connectivity index (χ1v) is 7.73. The number of rotatable bonds is 6. The van der Waals surface area contributed by atoms with Crippen LogP contribution in [0.5, 0.6) is 0 Å². The SMILES string of the molecule is CCOCC(C(C)C)n1c(CCl)nc2c(C)cccc21. The molecule has 110 valence electrons. The van der Waals surface area contributed by atoms with Crippen LogP contribution in [0.25, 0.3) is 11.0 Å². The summed E-state index contributed by atoms with van der Waals surface area (Å²) in [4.78, 5) is 4.72. The van der Waals surface area contributed by atoms with Crippen molar-refractivity contribution in [1.29, 1.82) is 0 Å². The van der Waals surface area contributed by atoms with E-state index in [9.17, 15) is 0 Å². The van der Waals surface area contributed by atoms with Crippen molar-refractivity contribution in [3.05, 3.63) is 29.6 Å². The number of benzene rings is 1. The van der Waals surface area contributed by atoms with Gasteiger partial charge in [0.25, 0.3) is 0 Å². The van der Waals surface area contributed by atoms with Crippen molar-refractivity contribution >= 4 is 22.6 Å². The second-order valence-corrected chi connectivity index (χ2v) is 5.71. The fraction of sp³-hybridized carbons (Fsp3) is 0.562. The molecule has 3 nitrogen and oxygen atoms in total. The van der Waals surface area contributed by atoms with Crippen LogP contribution in [0, 0.1) is 12.8 Å². The average molecular weight is 295 g/mol. The van der Waals surface area contributed by atoms with Gasteiger partial charge in [0.1, 0.15) is 5.82 Å². The number of nitrogens with zero attached hydrogens (tertiary/aromatic N) is 2. The van der Waals surface area contributed by atoms with Crippen LogP contribution in [0.3, 0.4) is 0 Å². The van der Waals surface area contributed by atoms with Crippen molar-refractivity contribution in [2.24, 2.45) is 5.92 Å². The normalized spacial score (nSPS) is 13.3. The van der Waals surface area contributed by atoms with Gasteiger partial charge >= 0.3 is 0 Å². The number of aromatic nitrogens is 2. The number of aryl methyl sites for hydroxylation is 1. The zero-order valence-electron chi connectivity index (χ0n) is 12.7. The summed E-state index contributed by atoms with van der Waals surface area (Å²) in [7, 11) is 0. The fourth-order valence-corrected chi connectivity index (χ4v) is 2.76. The van der Waals surface area contributed by atoms with Crippen LogP contribution in [0.15, 0.2) is 18.2 Å². The van der Waals surface area contributed by atoms with Crippen molar-refractivity contribution in [2.45, 2.75) is 39.6 Å². The molecular weight excluding hydrogens is 272 g/mol. The predicted octanol–water partition coefficient (Wildman–Crippen LogP) is 4.32. The molecule has 2 rings (SSSR count). The van der Waals surface area contributed by atoms with Gasteiger partial charge in [0.15, 0.2) is 0 Å². The summed E-state index contributed by atoms with van der Waals surface area (Å²) >= 11 is 6.11. The molecule has 0 saturated heterocycles. The lowest BCUT2D eigenvalue weighted by Gasteiger charge is -2.24. The van der Waals surface area contributed by atoms with Gasteiger partial charge in [-0.3, -0.25) is 0 Å². The Balaban J connectivity index is 2.57. The number of hydrogen-bond acceptors (Lipinski definition) is 2. The molecule has 4 heteroatoms. The van der Waals surface area contributed by atoms with Crippen LogP contribution in [0.4, 0.5) is 0 Å². The van der Waals surface area contributed by atoms with E-state index in [4.69, 9.17) is 21.3 Å². The summed E-state index contributed by atoms with van der Waals surface area (Å²) in [6.07, 6.45) is 0. The quantitative estimate of drug-likeness (QED) is 0.742. The third-order valence-electron chi connectivity index (χ3n) is 3.71. The standard InChI is InChI=1S/C16H23ClN2O/c1-5-20-10-14(11(2)3)19-13-8-6-7-12(4)16(13)18-15(19)9-17/h6-8,11,14H,5,9-10H2,1-4H3. The molecule has 0 saturated carbocycles. The Labute approximate surface area is 125 Å². The van der Waals surface area contributed by atoms with Gasteiger partial charge in [0, 0.05) is 6.61 Å². The molecule has 1 aromatic heterocycles. The Hall–Kier alpha value is -1.06. The molecular formula is C16H23ClN2O. The second kappa shape index (κ2) is 6.59. The molecule has 1 unspecified atom stereocenters. The lowest BCUT2D eigenvalue weighted by atomic mass is 10.0. The summed E-state index contributed by atoms with van der Waals surface area (Å²) in [6.45, 7) is 9.95. The van der Waals surface area contributed by atoms with E-state index in [0.29, 0.717) is 18.4 Å². The molecule has 2 aromatic rings. The van der Waals surface area contributed by atoms with Crippen LogP contribution >= 0.6 is 11.6 Å². The summed E-state index contributed by atoms with van der Waals surface area (Å²) in [5, 5.41) is 0. The van der Waals surface area contributed by atoms with E-state index in [1.54, 1.807) is 0 Å². The Morgan fingerprint density at radius 3 is 2.70 bits per heavy atom. The van der Waals surface area contributed by atoms with E-state index in [1.807, 2.05) is 6.92 Å². The molecule has 20 heavy (non-hydrogen) atoms. The highest BCUT2D eigenvalue weighted by molar-refractivity contribution is 6.16. The van der Waals surface area contributed by atoms with Crippen LogP contribution in [0.1, 0.15) is 38.2 Å². The largest absolute Gasteiger partial charge is 0.380 e. The summed E-state index contributed by atoms with van der Waals surface area (Å²) in [5.41, 5.74) is 3.39. The fourth-order valence-electron chi connectivity index (χ4n) is 2.57. The minimum Gasteiger partial charge on any atom is -0.380 e. The molecule has 0 radical (unpaired) electrons. The second-order valence-electron chi connectivity index (χ2n) is 5.45. The molecule has 0 bridgehead atoms. The lowest BCUT2D eigenvalue weighted by Crippen LogP contribution is -2.22. The molecule has 1 atom stereocenters. The van der Waals surface area contributed by atoms with Gasteiger partial charge in [0.2, 0.25) is 0 Å². The molecule has 0 amide bonds. The number of hydrogen-bond donors (Lipinski definition) is 0. The highest BCUT2D eigenvalue weighted by Crippen LogP contribution is 2.28. The van der Waals surface area contributed by atoms with E-state index >= 15 is 0 Å². The first-order valence-electron chi connectivity index (χ1n) is 7.20. The Kier molecular flexibility index (Phi) is 5.06. The summed E-state index contributed by atoms with van der Waals surface area (Å²) in [6, 6.07) is 6.54. The minimum absolute atomic E-state index is 0.260.